The molecule has 2 aromatic carbocycles. The number of H-pyrrole nitrogens is 1. The van der Waals surface area contributed by atoms with Gasteiger partial charge >= 0.3 is 0 Å². The van der Waals surface area contributed by atoms with Gasteiger partial charge in [-0.05, 0) is 32.9 Å². The van der Waals surface area contributed by atoms with Crippen molar-refractivity contribution in [3.05, 3.63) is 75.7 Å². The van der Waals surface area contributed by atoms with Gasteiger partial charge in [0.25, 0.3) is 5.56 Å². The van der Waals surface area contributed by atoms with Gasteiger partial charge in [-0.15, -0.1) is 0 Å². The summed E-state index contributed by atoms with van der Waals surface area (Å²) >= 11 is 0. The van der Waals surface area contributed by atoms with Crippen molar-refractivity contribution in [1.29, 1.82) is 0 Å². The maximum absolute atomic E-state index is 12.1. The van der Waals surface area contributed by atoms with Crippen molar-refractivity contribution in [2.75, 3.05) is 5.32 Å². The second kappa shape index (κ2) is 6.64. The van der Waals surface area contributed by atoms with Gasteiger partial charge in [0, 0.05) is 17.0 Å². The van der Waals surface area contributed by atoms with Crippen LogP contribution in [0.25, 0.3) is 22.2 Å². The molecule has 134 valence electrons. The molecule has 4 rings (SSSR count). The zero-order valence-corrected chi connectivity index (χ0v) is 15.4. The van der Waals surface area contributed by atoms with E-state index in [9.17, 15) is 4.79 Å². The van der Waals surface area contributed by atoms with Gasteiger partial charge in [-0.3, -0.25) is 15.1 Å². The fourth-order valence-corrected chi connectivity index (χ4v) is 2.95. The third-order valence-corrected chi connectivity index (χ3v) is 4.36. The Kier molecular flexibility index (Phi) is 4.16. The third-order valence-electron chi connectivity index (χ3n) is 4.36. The number of aromatic amines is 1. The zero-order chi connectivity index (χ0) is 19.0. The Morgan fingerprint density at radius 3 is 2.37 bits per heavy atom. The van der Waals surface area contributed by atoms with E-state index in [1.807, 2.05) is 57.2 Å². The number of aromatic nitrogens is 4. The van der Waals surface area contributed by atoms with Crippen LogP contribution in [-0.4, -0.2) is 19.9 Å². The summed E-state index contributed by atoms with van der Waals surface area (Å²) in [6, 6.07) is 15.4. The number of rotatable bonds is 3. The summed E-state index contributed by atoms with van der Waals surface area (Å²) in [4.78, 5) is 28.3. The Labute approximate surface area is 156 Å². The van der Waals surface area contributed by atoms with Gasteiger partial charge < -0.3 is 0 Å². The van der Waals surface area contributed by atoms with Crippen LogP contribution in [0.5, 0.6) is 0 Å². The van der Waals surface area contributed by atoms with Gasteiger partial charge in [0.1, 0.15) is 0 Å². The summed E-state index contributed by atoms with van der Waals surface area (Å²) in [6.45, 7) is 5.99. The third kappa shape index (κ3) is 3.55. The number of nitrogens with one attached hydrogen (secondary N) is 2. The average Bonchev–Trinajstić information content (AvgIpc) is 2.62. The smallest absolute Gasteiger partial charge is 0.252 e. The molecule has 0 saturated carbocycles. The lowest BCUT2D eigenvalue weighted by Gasteiger charge is -2.09. The molecular weight excluding hydrogens is 338 g/mol. The zero-order valence-electron chi connectivity index (χ0n) is 15.4. The molecule has 27 heavy (non-hydrogen) atoms. The van der Waals surface area contributed by atoms with Crippen LogP contribution in [-0.2, 0) is 0 Å². The van der Waals surface area contributed by atoms with Crippen LogP contribution >= 0.6 is 0 Å². The largest absolute Gasteiger partial charge is 0.294 e. The summed E-state index contributed by atoms with van der Waals surface area (Å²) in [6.07, 6.45) is 0. The molecule has 4 aromatic rings. The summed E-state index contributed by atoms with van der Waals surface area (Å²) < 4.78 is 0. The van der Waals surface area contributed by atoms with Crippen LogP contribution in [0, 0.1) is 20.8 Å². The lowest BCUT2D eigenvalue weighted by molar-refractivity contribution is 1.08. The van der Waals surface area contributed by atoms with Crippen molar-refractivity contribution in [2.24, 2.45) is 0 Å². The highest BCUT2D eigenvalue weighted by Crippen LogP contribution is 2.21. The monoisotopic (exact) mass is 357 g/mol. The van der Waals surface area contributed by atoms with E-state index in [1.54, 1.807) is 0 Å². The molecule has 0 aliphatic carbocycles. The predicted molar refractivity (Wildman–Crippen MR) is 107 cm³/mol. The van der Waals surface area contributed by atoms with Crippen molar-refractivity contribution in [3.63, 3.8) is 0 Å². The quantitative estimate of drug-likeness (QED) is 0.578. The molecule has 0 saturated heterocycles. The Morgan fingerprint density at radius 1 is 0.852 bits per heavy atom. The first-order valence-electron chi connectivity index (χ1n) is 8.68. The highest BCUT2D eigenvalue weighted by atomic mass is 16.1. The number of aryl methyl sites for hydroxylation is 3. The molecule has 0 aliphatic heterocycles. The van der Waals surface area contributed by atoms with Crippen LogP contribution in [0.4, 0.5) is 11.9 Å². The minimum Gasteiger partial charge on any atom is -0.294 e. The number of nitrogens with zero attached hydrogens (tertiary/aromatic N) is 3. The van der Waals surface area contributed by atoms with E-state index in [2.05, 4.69) is 31.3 Å². The van der Waals surface area contributed by atoms with Crippen LogP contribution < -0.4 is 10.9 Å². The number of hydrogen-bond acceptors (Lipinski definition) is 5. The maximum Gasteiger partial charge on any atom is 0.252 e. The second-order valence-electron chi connectivity index (χ2n) is 6.62. The topological polar surface area (TPSA) is 83.6 Å². The fourth-order valence-electron chi connectivity index (χ4n) is 2.95. The summed E-state index contributed by atoms with van der Waals surface area (Å²) in [7, 11) is 0. The van der Waals surface area contributed by atoms with Crippen molar-refractivity contribution in [1.82, 2.24) is 19.9 Å². The van der Waals surface area contributed by atoms with E-state index in [0.717, 1.165) is 33.3 Å². The van der Waals surface area contributed by atoms with E-state index in [0.29, 0.717) is 17.6 Å². The van der Waals surface area contributed by atoms with Crippen molar-refractivity contribution in [2.45, 2.75) is 20.8 Å². The molecule has 6 nitrogen and oxygen atoms in total. The lowest BCUT2D eigenvalue weighted by Crippen LogP contribution is -2.12. The average molecular weight is 357 g/mol. The molecule has 0 bridgehead atoms. The molecule has 0 fully saturated rings. The summed E-state index contributed by atoms with van der Waals surface area (Å²) in [5.41, 5.74) is 5.24. The molecule has 0 spiro atoms. The lowest BCUT2D eigenvalue weighted by atomic mass is 10.1. The van der Waals surface area contributed by atoms with Gasteiger partial charge in [-0.25, -0.2) is 15.0 Å². The highest BCUT2D eigenvalue weighted by molar-refractivity contribution is 5.82. The number of benzene rings is 2. The Bertz CT molecular complexity index is 1200. The standard InChI is InChI=1S/C21H19N5O/c1-12-4-7-15(8-5-12)18-11-19(27)25-21(24-18)26-20-22-14(3)16-10-13(2)6-9-17(16)23-20/h4-11H,1-3H3,(H2,22,23,24,25,26,27). The van der Waals surface area contributed by atoms with E-state index < -0.39 is 0 Å². The predicted octanol–water partition coefficient (Wildman–Crippen LogP) is 4.05. The van der Waals surface area contributed by atoms with Gasteiger partial charge in [0.2, 0.25) is 11.9 Å². The molecule has 0 amide bonds. The minimum absolute atomic E-state index is 0.240. The van der Waals surface area contributed by atoms with E-state index in [1.165, 1.54) is 6.07 Å². The van der Waals surface area contributed by atoms with Gasteiger partial charge in [-0.1, -0.05) is 41.5 Å². The fraction of sp³-hybridized carbons (Fsp3) is 0.143. The van der Waals surface area contributed by atoms with Crippen LogP contribution in [0.15, 0.2) is 53.3 Å². The van der Waals surface area contributed by atoms with Crippen LogP contribution in [0.2, 0.25) is 0 Å². The molecule has 2 N–H and O–H groups in total. The van der Waals surface area contributed by atoms with Gasteiger partial charge in [0.05, 0.1) is 16.9 Å². The Hall–Kier alpha value is -3.54. The number of anilines is 2. The molecule has 0 aliphatic rings. The van der Waals surface area contributed by atoms with E-state index in [4.69, 9.17) is 0 Å². The first-order chi connectivity index (χ1) is 13.0. The van der Waals surface area contributed by atoms with E-state index >= 15 is 0 Å². The second-order valence-corrected chi connectivity index (χ2v) is 6.62. The van der Waals surface area contributed by atoms with Crippen molar-refractivity contribution < 1.29 is 0 Å². The van der Waals surface area contributed by atoms with Gasteiger partial charge in [0.15, 0.2) is 0 Å². The van der Waals surface area contributed by atoms with Crippen molar-refractivity contribution in [3.8, 4) is 11.3 Å². The minimum atomic E-state index is -0.240. The van der Waals surface area contributed by atoms with Gasteiger partial charge in [-0.2, -0.15) is 0 Å². The number of fused-ring (bicyclic) bond motifs is 1. The SMILES string of the molecule is Cc1ccc(-c2cc(=O)[nH]c(Nc3nc(C)c4cc(C)ccc4n3)n2)cc1. The molecular formula is C21H19N5O. The first-order valence-corrected chi connectivity index (χ1v) is 8.68. The number of hydrogen-bond donors (Lipinski definition) is 2. The highest BCUT2D eigenvalue weighted by Gasteiger charge is 2.08. The maximum atomic E-state index is 12.1. The first kappa shape index (κ1) is 16.9. The van der Waals surface area contributed by atoms with Crippen LogP contribution in [0.1, 0.15) is 16.8 Å². The van der Waals surface area contributed by atoms with Crippen LogP contribution in [0.3, 0.4) is 0 Å². The molecule has 6 heteroatoms. The summed E-state index contributed by atoms with van der Waals surface area (Å²) in [5.74, 6) is 0.706. The van der Waals surface area contributed by atoms with Crippen molar-refractivity contribution >= 4 is 22.8 Å². The molecule has 0 radical (unpaired) electrons. The molecule has 0 unspecified atom stereocenters. The molecule has 2 heterocycles. The normalized spacial score (nSPS) is 10.9. The molecule has 0 atom stereocenters. The molecule has 2 aromatic heterocycles. The Morgan fingerprint density at radius 2 is 1.59 bits per heavy atom. The summed E-state index contributed by atoms with van der Waals surface area (Å²) in [5, 5.41) is 4.03. The Balaban J connectivity index is 1.72. The van der Waals surface area contributed by atoms with E-state index in [-0.39, 0.29) is 5.56 Å².